The zero-order valence-corrected chi connectivity index (χ0v) is 12.0. The summed E-state index contributed by atoms with van der Waals surface area (Å²) in [6, 6.07) is 17.9. The average Bonchev–Trinajstić information content (AvgIpc) is 2.49. The Labute approximate surface area is 120 Å². The first-order valence-corrected chi connectivity index (χ1v) is 6.78. The second kappa shape index (κ2) is 6.92. The highest BCUT2D eigenvalue weighted by atomic mass is 16.7. The Morgan fingerprint density at radius 1 is 0.950 bits per heavy atom. The molecule has 0 saturated heterocycles. The van der Waals surface area contributed by atoms with Crippen LogP contribution in [0.4, 0.5) is 0 Å². The third-order valence-electron chi connectivity index (χ3n) is 3.08. The molecule has 2 rings (SSSR count). The van der Waals surface area contributed by atoms with E-state index in [1.165, 1.54) is 0 Å². The van der Waals surface area contributed by atoms with E-state index in [1.54, 1.807) is 6.08 Å². The lowest BCUT2D eigenvalue weighted by molar-refractivity contribution is -0.103. The predicted molar refractivity (Wildman–Crippen MR) is 82.6 cm³/mol. The number of benzene rings is 2. The van der Waals surface area contributed by atoms with Crippen LogP contribution in [0.1, 0.15) is 31.1 Å². The molecular weight excluding hydrogens is 248 g/mol. The van der Waals surface area contributed by atoms with E-state index in [2.05, 4.69) is 18.7 Å². The SMILES string of the molecule is C=Cc1ccc(OC(C)OC(C)c2ccccc2)cc1. The highest BCUT2D eigenvalue weighted by Crippen LogP contribution is 2.20. The Kier molecular flexibility index (Phi) is 4.97. The van der Waals surface area contributed by atoms with Gasteiger partial charge >= 0.3 is 0 Å². The van der Waals surface area contributed by atoms with Crippen LogP contribution in [-0.4, -0.2) is 6.29 Å². The lowest BCUT2D eigenvalue weighted by Crippen LogP contribution is -2.18. The molecule has 0 aromatic heterocycles. The van der Waals surface area contributed by atoms with Crippen LogP contribution in [0.25, 0.3) is 6.08 Å². The van der Waals surface area contributed by atoms with Crippen molar-refractivity contribution in [2.75, 3.05) is 0 Å². The number of rotatable bonds is 6. The molecule has 104 valence electrons. The Morgan fingerprint density at radius 2 is 1.60 bits per heavy atom. The molecule has 20 heavy (non-hydrogen) atoms. The van der Waals surface area contributed by atoms with Gasteiger partial charge in [-0.15, -0.1) is 0 Å². The molecule has 0 heterocycles. The van der Waals surface area contributed by atoms with Gasteiger partial charge in [0.25, 0.3) is 0 Å². The highest BCUT2D eigenvalue weighted by Gasteiger charge is 2.11. The molecule has 0 aliphatic heterocycles. The molecule has 0 N–H and O–H groups in total. The van der Waals surface area contributed by atoms with Crippen LogP contribution in [0.3, 0.4) is 0 Å². The number of ether oxygens (including phenoxy) is 2. The molecule has 0 fully saturated rings. The molecule has 2 atom stereocenters. The van der Waals surface area contributed by atoms with Crippen molar-refractivity contribution in [3.05, 3.63) is 72.3 Å². The fourth-order valence-corrected chi connectivity index (χ4v) is 1.99. The molecule has 2 aromatic carbocycles. The quantitative estimate of drug-likeness (QED) is 0.698. The standard InChI is InChI=1S/C18H20O2/c1-4-16-10-12-18(13-11-16)20-15(3)19-14(2)17-8-6-5-7-9-17/h4-15H,1H2,2-3H3. The molecule has 0 aliphatic carbocycles. The summed E-state index contributed by atoms with van der Waals surface area (Å²) in [5, 5.41) is 0. The Hall–Kier alpha value is -2.06. The van der Waals surface area contributed by atoms with Gasteiger partial charge in [0.15, 0.2) is 6.29 Å². The monoisotopic (exact) mass is 268 g/mol. The van der Waals surface area contributed by atoms with Crippen LogP contribution in [0.15, 0.2) is 61.2 Å². The number of hydrogen-bond acceptors (Lipinski definition) is 2. The van der Waals surface area contributed by atoms with Gasteiger partial charge in [0.05, 0.1) is 6.10 Å². The lowest BCUT2D eigenvalue weighted by atomic mass is 10.1. The van der Waals surface area contributed by atoms with E-state index in [-0.39, 0.29) is 12.4 Å². The van der Waals surface area contributed by atoms with Crippen LogP contribution >= 0.6 is 0 Å². The first kappa shape index (κ1) is 14.4. The van der Waals surface area contributed by atoms with Crippen molar-refractivity contribution < 1.29 is 9.47 Å². The number of hydrogen-bond donors (Lipinski definition) is 0. The summed E-state index contributed by atoms with van der Waals surface area (Å²) in [5.74, 6) is 0.795. The van der Waals surface area contributed by atoms with Crippen LogP contribution in [0.5, 0.6) is 5.75 Å². The maximum atomic E-state index is 5.85. The van der Waals surface area contributed by atoms with Crippen molar-refractivity contribution in [2.24, 2.45) is 0 Å². The molecular formula is C18H20O2. The topological polar surface area (TPSA) is 18.5 Å². The molecule has 2 nitrogen and oxygen atoms in total. The summed E-state index contributed by atoms with van der Waals surface area (Å²) in [4.78, 5) is 0. The van der Waals surface area contributed by atoms with Crippen molar-refractivity contribution in [3.8, 4) is 5.75 Å². The minimum absolute atomic E-state index is 0.00125. The third kappa shape index (κ3) is 3.97. The smallest absolute Gasteiger partial charge is 0.197 e. The van der Waals surface area contributed by atoms with E-state index >= 15 is 0 Å². The van der Waals surface area contributed by atoms with Gasteiger partial charge < -0.3 is 9.47 Å². The largest absolute Gasteiger partial charge is 0.465 e. The Balaban J connectivity index is 1.91. The molecule has 0 radical (unpaired) electrons. The Morgan fingerprint density at radius 3 is 2.20 bits per heavy atom. The van der Waals surface area contributed by atoms with Crippen LogP contribution < -0.4 is 4.74 Å². The summed E-state index contributed by atoms with van der Waals surface area (Å²) in [7, 11) is 0. The van der Waals surface area contributed by atoms with Crippen molar-refractivity contribution in [1.29, 1.82) is 0 Å². The zero-order chi connectivity index (χ0) is 14.4. The minimum atomic E-state index is -0.306. The highest BCUT2D eigenvalue weighted by molar-refractivity contribution is 5.48. The summed E-state index contributed by atoms with van der Waals surface area (Å²) < 4.78 is 11.6. The second-order valence-corrected chi connectivity index (χ2v) is 4.65. The van der Waals surface area contributed by atoms with Crippen molar-refractivity contribution in [2.45, 2.75) is 26.2 Å². The summed E-state index contributed by atoms with van der Waals surface area (Å²) >= 11 is 0. The Bertz CT molecular complexity index is 531. The van der Waals surface area contributed by atoms with Gasteiger partial charge in [-0.2, -0.15) is 0 Å². The minimum Gasteiger partial charge on any atom is -0.465 e. The van der Waals surface area contributed by atoms with Gasteiger partial charge in [0.2, 0.25) is 0 Å². The summed E-state index contributed by atoms with van der Waals surface area (Å²) in [6.45, 7) is 7.66. The zero-order valence-electron chi connectivity index (χ0n) is 12.0. The summed E-state index contributed by atoms with van der Waals surface area (Å²) in [5.41, 5.74) is 2.22. The van der Waals surface area contributed by atoms with Crippen LogP contribution in [0, 0.1) is 0 Å². The van der Waals surface area contributed by atoms with Gasteiger partial charge in [0.1, 0.15) is 5.75 Å². The van der Waals surface area contributed by atoms with Gasteiger partial charge in [-0.1, -0.05) is 55.1 Å². The van der Waals surface area contributed by atoms with Crippen LogP contribution in [-0.2, 0) is 4.74 Å². The van der Waals surface area contributed by atoms with Gasteiger partial charge in [-0.25, -0.2) is 0 Å². The van der Waals surface area contributed by atoms with E-state index in [9.17, 15) is 0 Å². The average molecular weight is 268 g/mol. The van der Waals surface area contributed by atoms with E-state index in [1.807, 2.05) is 56.3 Å². The molecule has 2 unspecified atom stereocenters. The first-order valence-electron chi connectivity index (χ1n) is 6.78. The van der Waals surface area contributed by atoms with E-state index in [0.29, 0.717) is 0 Å². The van der Waals surface area contributed by atoms with Gasteiger partial charge in [0, 0.05) is 0 Å². The van der Waals surface area contributed by atoms with Crippen LogP contribution in [0.2, 0.25) is 0 Å². The third-order valence-corrected chi connectivity index (χ3v) is 3.08. The second-order valence-electron chi connectivity index (χ2n) is 4.65. The van der Waals surface area contributed by atoms with Gasteiger partial charge in [-0.3, -0.25) is 0 Å². The maximum absolute atomic E-state index is 5.85. The van der Waals surface area contributed by atoms with E-state index in [0.717, 1.165) is 16.9 Å². The molecule has 0 spiro atoms. The fraction of sp³-hybridized carbons (Fsp3) is 0.222. The maximum Gasteiger partial charge on any atom is 0.197 e. The normalized spacial score (nSPS) is 13.5. The fourth-order valence-electron chi connectivity index (χ4n) is 1.99. The van der Waals surface area contributed by atoms with Gasteiger partial charge in [-0.05, 0) is 37.1 Å². The molecule has 0 aliphatic rings. The van der Waals surface area contributed by atoms with E-state index < -0.39 is 0 Å². The predicted octanol–water partition coefficient (Wildman–Crippen LogP) is 4.83. The first-order chi connectivity index (χ1) is 9.69. The van der Waals surface area contributed by atoms with Crippen molar-refractivity contribution in [3.63, 3.8) is 0 Å². The molecule has 0 bridgehead atoms. The molecule has 2 heteroatoms. The molecule has 2 aromatic rings. The molecule has 0 saturated carbocycles. The van der Waals surface area contributed by atoms with E-state index in [4.69, 9.17) is 9.47 Å². The van der Waals surface area contributed by atoms with Crippen molar-refractivity contribution >= 4 is 6.08 Å². The van der Waals surface area contributed by atoms with Crippen molar-refractivity contribution in [1.82, 2.24) is 0 Å². The molecule has 0 amide bonds. The summed E-state index contributed by atoms with van der Waals surface area (Å²) in [6.07, 6.45) is 1.50. The lowest BCUT2D eigenvalue weighted by Gasteiger charge is -2.20.